The zero-order chi connectivity index (χ0) is 13.0. The number of hydrogen-bond donors (Lipinski definition) is 0. The molecule has 1 aromatic rings. The molecule has 0 N–H and O–H groups in total. The van der Waals surface area contributed by atoms with Crippen LogP contribution in [-0.4, -0.2) is 23.3 Å². The first kappa shape index (κ1) is 12.9. The Hall–Kier alpha value is -2.14. The summed E-state index contributed by atoms with van der Waals surface area (Å²) in [6.07, 6.45) is 0.385. The highest BCUT2D eigenvalue weighted by Gasteiger charge is 2.18. The van der Waals surface area contributed by atoms with E-state index in [0.29, 0.717) is 17.8 Å². The van der Waals surface area contributed by atoms with Gasteiger partial charge < -0.3 is 4.90 Å². The van der Waals surface area contributed by atoms with Gasteiger partial charge in [0.05, 0.1) is 18.2 Å². The molecule has 1 heterocycles. The number of hydrogen-bond acceptors (Lipinski definition) is 5. The van der Waals surface area contributed by atoms with Crippen molar-refractivity contribution < 1.29 is 0 Å². The van der Waals surface area contributed by atoms with Gasteiger partial charge in [0.25, 0.3) is 0 Å². The number of nitriles is 2. The van der Waals surface area contributed by atoms with E-state index < -0.39 is 0 Å². The summed E-state index contributed by atoms with van der Waals surface area (Å²) >= 11 is 0. The third kappa shape index (κ3) is 2.51. The molecular weight excluding hydrogens is 214 g/mol. The average molecular weight is 229 g/mol. The van der Waals surface area contributed by atoms with Gasteiger partial charge in [0.1, 0.15) is 11.6 Å². The Bertz CT molecular complexity index is 495. The maximum absolute atomic E-state index is 9.17. The predicted octanol–water partition coefficient (Wildman–Crippen LogP) is 1.70. The van der Waals surface area contributed by atoms with Crippen LogP contribution >= 0.6 is 0 Å². The van der Waals surface area contributed by atoms with Crippen LogP contribution in [0.25, 0.3) is 0 Å². The van der Waals surface area contributed by atoms with E-state index in [-0.39, 0.29) is 6.04 Å². The van der Waals surface area contributed by atoms with E-state index >= 15 is 0 Å². The van der Waals surface area contributed by atoms with E-state index in [9.17, 15) is 5.26 Å². The molecule has 0 amide bonds. The van der Waals surface area contributed by atoms with Crippen molar-refractivity contribution in [1.82, 2.24) is 10.2 Å². The van der Waals surface area contributed by atoms with Crippen molar-refractivity contribution in [3.8, 4) is 12.1 Å². The third-order valence-electron chi connectivity index (χ3n) is 2.93. The first-order valence-corrected chi connectivity index (χ1v) is 5.36. The fourth-order valence-electron chi connectivity index (χ4n) is 1.45. The minimum absolute atomic E-state index is 0.00325. The summed E-state index contributed by atoms with van der Waals surface area (Å²) in [5.41, 5.74) is 2.13. The molecule has 1 rings (SSSR count). The largest absolute Gasteiger partial charge is 0.353 e. The first-order chi connectivity index (χ1) is 8.02. The number of aryl methyl sites for hydroxylation is 1. The van der Waals surface area contributed by atoms with Gasteiger partial charge in [-0.2, -0.15) is 15.6 Å². The molecule has 88 valence electrons. The van der Waals surface area contributed by atoms with Crippen LogP contribution in [0.15, 0.2) is 0 Å². The third-order valence-corrected chi connectivity index (χ3v) is 2.93. The molecule has 0 aliphatic heterocycles. The smallest absolute Gasteiger partial charge is 0.169 e. The molecule has 0 bridgehead atoms. The van der Waals surface area contributed by atoms with E-state index in [0.717, 1.165) is 11.3 Å². The van der Waals surface area contributed by atoms with Crippen LogP contribution in [0.4, 0.5) is 5.82 Å². The highest BCUT2D eigenvalue weighted by Crippen LogP contribution is 2.22. The van der Waals surface area contributed by atoms with Gasteiger partial charge in [-0.1, -0.05) is 0 Å². The summed E-state index contributed by atoms with van der Waals surface area (Å²) in [6, 6.07) is 4.27. The van der Waals surface area contributed by atoms with Crippen molar-refractivity contribution >= 4 is 5.82 Å². The SMILES string of the molecule is Cc1nnc(N(C)C(C)CC#N)c(C#N)c1C. The summed E-state index contributed by atoms with van der Waals surface area (Å²) in [7, 11) is 1.82. The van der Waals surface area contributed by atoms with Gasteiger partial charge in [0.15, 0.2) is 5.82 Å². The van der Waals surface area contributed by atoms with Crippen LogP contribution in [0.5, 0.6) is 0 Å². The van der Waals surface area contributed by atoms with Crippen LogP contribution in [-0.2, 0) is 0 Å². The van der Waals surface area contributed by atoms with Gasteiger partial charge in [-0.25, -0.2) is 0 Å². The Labute approximate surface area is 101 Å². The molecule has 1 aromatic heterocycles. The molecule has 0 spiro atoms. The lowest BCUT2D eigenvalue weighted by Gasteiger charge is -2.24. The van der Waals surface area contributed by atoms with Crippen LogP contribution < -0.4 is 4.90 Å². The Kier molecular flexibility index (Phi) is 4.01. The lowest BCUT2D eigenvalue weighted by molar-refractivity contribution is 0.684. The molecule has 5 heteroatoms. The van der Waals surface area contributed by atoms with E-state index in [1.54, 1.807) is 0 Å². The predicted molar refractivity (Wildman–Crippen MR) is 64.3 cm³/mol. The second-order valence-electron chi connectivity index (χ2n) is 4.04. The molecule has 0 saturated heterocycles. The lowest BCUT2D eigenvalue weighted by Crippen LogP contribution is -2.30. The van der Waals surface area contributed by atoms with Gasteiger partial charge in [-0.05, 0) is 26.3 Å². The van der Waals surface area contributed by atoms with Crippen LogP contribution in [0.2, 0.25) is 0 Å². The molecule has 1 atom stereocenters. The summed E-state index contributed by atoms with van der Waals surface area (Å²) in [5.74, 6) is 0.540. The molecule has 0 aromatic carbocycles. The molecule has 5 nitrogen and oxygen atoms in total. The van der Waals surface area contributed by atoms with Crippen molar-refractivity contribution in [3.63, 3.8) is 0 Å². The van der Waals surface area contributed by atoms with Gasteiger partial charge in [0, 0.05) is 13.1 Å². The van der Waals surface area contributed by atoms with E-state index in [1.165, 1.54) is 0 Å². The molecule has 17 heavy (non-hydrogen) atoms. The highest BCUT2D eigenvalue weighted by molar-refractivity contribution is 5.57. The normalized spacial score (nSPS) is 11.4. The fourth-order valence-corrected chi connectivity index (χ4v) is 1.45. The monoisotopic (exact) mass is 229 g/mol. The number of anilines is 1. The Morgan fingerprint density at radius 1 is 1.29 bits per heavy atom. The molecule has 0 fully saturated rings. The molecule has 0 aliphatic rings. The molecule has 0 saturated carbocycles. The van der Waals surface area contributed by atoms with E-state index in [2.05, 4.69) is 22.3 Å². The Morgan fingerprint density at radius 3 is 2.47 bits per heavy atom. The average Bonchev–Trinajstić information content (AvgIpc) is 2.31. The minimum atomic E-state index is 0.00325. The van der Waals surface area contributed by atoms with Crippen molar-refractivity contribution in [1.29, 1.82) is 10.5 Å². The van der Waals surface area contributed by atoms with Gasteiger partial charge >= 0.3 is 0 Å². The summed E-state index contributed by atoms with van der Waals surface area (Å²) < 4.78 is 0. The maximum atomic E-state index is 9.17. The van der Waals surface area contributed by atoms with E-state index in [1.807, 2.05) is 32.7 Å². The fraction of sp³-hybridized carbons (Fsp3) is 0.500. The Balaban J connectivity index is 3.20. The van der Waals surface area contributed by atoms with Gasteiger partial charge in [-0.3, -0.25) is 0 Å². The van der Waals surface area contributed by atoms with Crippen molar-refractivity contribution in [2.75, 3.05) is 11.9 Å². The standard InChI is InChI=1S/C12H15N5/c1-8(5-6-13)17(4)12-11(7-14)9(2)10(3)15-16-12/h8H,5H2,1-4H3. The summed E-state index contributed by atoms with van der Waals surface area (Å²) in [6.45, 7) is 5.60. The summed E-state index contributed by atoms with van der Waals surface area (Å²) in [5, 5.41) is 25.9. The lowest BCUT2D eigenvalue weighted by atomic mass is 10.1. The molecule has 0 radical (unpaired) electrons. The molecule has 0 aliphatic carbocycles. The second kappa shape index (κ2) is 5.27. The van der Waals surface area contributed by atoms with Crippen LogP contribution in [0, 0.1) is 36.5 Å². The topological polar surface area (TPSA) is 76.6 Å². The van der Waals surface area contributed by atoms with Crippen molar-refractivity contribution in [2.45, 2.75) is 33.2 Å². The number of aromatic nitrogens is 2. The van der Waals surface area contributed by atoms with Gasteiger partial charge in [-0.15, -0.1) is 5.10 Å². The first-order valence-electron chi connectivity index (χ1n) is 5.36. The highest BCUT2D eigenvalue weighted by atomic mass is 15.3. The molecular formula is C12H15N5. The number of rotatable bonds is 3. The Morgan fingerprint density at radius 2 is 1.94 bits per heavy atom. The van der Waals surface area contributed by atoms with Gasteiger partial charge in [0.2, 0.25) is 0 Å². The van der Waals surface area contributed by atoms with Crippen LogP contribution in [0.3, 0.4) is 0 Å². The quantitative estimate of drug-likeness (QED) is 0.788. The zero-order valence-electron chi connectivity index (χ0n) is 10.5. The number of nitrogens with zero attached hydrogens (tertiary/aromatic N) is 5. The maximum Gasteiger partial charge on any atom is 0.169 e. The zero-order valence-corrected chi connectivity index (χ0v) is 10.5. The minimum Gasteiger partial charge on any atom is -0.353 e. The summed E-state index contributed by atoms with van der Waals surface area (Å²) in [4.78, 5) is 1.82. The van der Waals surface area contributed by atoms with E-state index in [4.69, 9.17) is 5.26 Å². The van der Waals surface area contributed by atoms with Crippen molar-refractivity contribution in [2.24, 2.45) is 0 Å². The van der Waals surface area contributed by atoms with Crippen molar-refractivity contribution in [3.05, 3.63) is 16.8 Å². The van der Waals surface area contributed by atoms with Crippen LogP contribution in [0.1, 0.15) is 30.2 Å². The second-order valence-corrected chi connectivity index (χ2v) is 4.04. The molecule has 1 unspecified atom stereocenters.